The van der Waals surface area contributed by atoms with E-state index in [2.05, 4.69) is 5.32 Å². The Hall–Kier alpha value is -2.13. The van der Waals surface area contributed by atoms with Gasteiger partial charge in [0.25, 0.3) is 5.91 Å². The number of hydrogen-bond donors (Lipinski definition) is 1. The zero-order chi connectivity index (χ0) is 23.1. The summed E-state index contributed by atoms with van der Waals surface area (Å²) in [5, 5.41) is 3.00. The van der Waals surface area contributed by atoms with Crippen LogP contribution >= 0.6 is 0 Å². The number of ether oxygens (including phenoxy) is 1. The maximum Gasteiger partial charge on any atom is 0.253 e. The first-order valence-electron chi connectivity index (χ1n) is 11.6. The lowest BCUT2D eigenvalue weighted by Gasteiger charge is -2.33. The molecule has 0 aromatic heterocycles. The second kappa shape index (κ2) is 11.1. The first-order chi connectivity index (χ1) is 15.4. The van der Waals surface area contributed by atoms with Crippen LogP contribution in [-0.4, -0.2) is 68.8 Å². The van der Waals surface area contributed by atoms with Crippen molar-refractivity contribution in [2.45, 2.75) is 69.2 Å². The fraction of sp³-hybridized carbons (Fsp3) is 0.652. The van der Waals surface area contributed by atoms with E-state index < -0.39 is 10.0 Å². The zero-order valence-electron chi connectivity index (χ0n) is 19.1. The first kappa shape index (κ1) is 24.5. The minimum atomic E-state index is -3.77. The number of hydrogen-bond acceptors (Lipinski definition) is 5. The maximum atomic E-state index is 13.4. The van der Waals surface area contributed by atoms with Crippen molar-refractivity contribution in [3.63, 3.8) is 0 Å². The lowest BCUT2D eigenvalue weighted by atomic mass is 10.0. The number of sulfonamides is 1. The van der Waals surface area contributed by atoms with Crippen LogP contribution in [0.5, 0.6) is 5.75 Å². The molecule has 0 saturated carbocycles. The number of nitrogens with one attached hydrogen (secondary N) is 1. The van der Waals surface area contributed by atoms with E-state index >= 15 is 0 Å². The topological polar surface area (TPSA) is 96.0 Å². The minimum Gasteiger partial charge on any atom is -0.495 e. The third-order valence-corrected chi connectivity index (χ3v) is 8.06. The van der Waals surface area contributed by atoms with Crippen LogP contribution in [0.1, 0.15) is 68.6 Å². The quantitative estimate of drug-likeness (QED) is 0.668. The molecule has 32 heavy (non-hydrogen) atoms. The number of rotatable bonds is 7. The van der Waals surface area contributed by atoms with Crippen molar-refractivity contribution in [1.82, 2.24) is 14.5 Å². The van der Waals surface area contributed by atoms with Gasteiger partial charge in [0.1, 0.15) is 10.6 Å². The van der Waals surface area contributed by atoms with Gasteiger partial charge in [0.2, 0.25) is 15.9 Å². The average Bonchev–Trinajstić information content (AvgIpc) is 3.09. The number of carbonyl (C=O) groups excluding carboxylic acids is 2. The molecule has 3 rings (SSSR count). The van der Waals surface area contributed by atoms with Crippen LogP contribution in [-0.2, 0) is 14.8 Å². The van der Waals surface area contributed by atoms with Crippen LogP contribution in [0.3, 0.4) is 0 Å². The molecule has 2 heterocycles. The highest BCUT2D eigenvalue weighted by Gasteiger charge is 2.31. The third-order valence-electron chi connectivity index (χ3n) is 6.14. The van der Waals surface area contributed by atoms with Gasteiger partial charge in [0.05, 0.1) is 7.11 Å². The van der Waals surface area contributed by atoms with Crippen molar-refractivity contribution in [3.05, 3.63) is 23.8 Å². The molecular formula is C23H35N3O5S. The van der Waals surface area contributed by atoms with Crippen molar-refractivity contribution < 1.29 is 22.7 Å². The number of nitrogens with zero attached hydrogens (tertiary/aromatic N) is 2. The molecule has 0 radical (unpaired) electrons. The summed E-state index contributed by atoms with van der Waals surface area (Å²) in [6, 6.07) is 4.54. The molecule has 0 spiro atoms. The summed E-state index contributed by atoms with van der Waals surface area (Å²) >= 11 is 0. The molecule has 8 nitrogen and oxygen atoms in total. The van der Waals surface area contributed by atoms with E-state index in [1.807, 2.05) is 6.92 Å². The summed E-state index contributed by atoms with van der Waals surface area (Å²) in [5.74, 6) is 0.0191. The molecule has 2 aliphatic rings. The van der Waals surface area contributed by atoms with Crippen LogP contribution in [0.4, 0.5) is 0 Å². The van der Waals surface area contributed by atoms with Gasteiger partial charge in [-0.15, -0.1) is 0 Å². The lowest BCUT2D eigenvalue weighted by Crippen LogP contribution is -2.49. The number of piperidine rings is 1. The standard InChI is InChI=1S/C23H35N3O5S/c1-3-9-22(27)24-19-10-8-13-25(17-19)23(28)18-11-12-20(31-2)21(16-18)32(29,30)26-14-6-4-5-7-15-26/h11-12,16,19H,3-10,13-15,17H2,1-2H3,(H,24,27). The normalized spacial score (nSPS) is 20.4. The molecule has 0 aliphatic carbocycles. The van der Waals surface area contributed by atoms with Crippen LogP contribution in [0, 0.1) is 0 Å². The minimum absolute atomic E-state index is 0.00192. The highest BCUT2D eigenvalue weighted by atomic mass is 32.2. The Kier molecular flexibility index (Phi) is 8.53. The number of carbonyl (C=O) groups is 2. The van der Waals surface area contributed by atoms with E-state index in [4.69, 9.17) is 4.74 Å². The highest BCUT2D eigenvalue weighted by Crippen LogP contribution is 2.30. The second-order valence-electron chi connectivity index (χ2n) is 8.59. The van der Waals surface area contributed by atoms with Gasteiger partial charge >= 0.3 is 0 Å². The average molecular weight is 466 g/mol. The molecule has 2 amide bonds. The summed E-state index contributed by atoms with van der Waals surface area (Å²) in [5.41, 5.74) is 0.319. The molecule has 2 fully saturated rings. The molecule has 1 aromatic rings. The van der Waals surface area contributed by atoms with Gasteiger partial charge in [0, 0.05) is 44.2 Å². The SMILES string of the molecule is CCCC(=O)NC1CCCN(C(=O)c2ccc(OC)c(S(=O)(=O)N3CCCCCC3)c2)C1. The predicted octanol–water partition coefficient (Wildman–Crippen LogP) is 2.78. The monoisotopic (exact) mass is 465 g/mol. The van der Waals surface area contributed by atoms with Gasteiger partial charge in [0.15, 0.2) is 0 Å². The summed E-state index contributed by atoms with van der Waals surface area (Å²) in [6.07, 6.45) is 6.58. The van der Waals surface area contributed by atoms with Crippen molar-refractivity contribution in [3.8, 4) is 5.75 Å². The van der Waals surface area contributed by atoms with Gasteiger partial charge in [-0.2, -0.15) is 4.31 Å². The number of likely N-dealkylation sites (tertiary alicyclic amines) is 1. The zero-order valence-corrected chi connectivity index (χ0v) is 20.0. The van der Waals surface area contributed by atoms with Crippen LogP contribution in [0.2, 0.25) is 0 Å². The molecule has 178 valence electrons. The van der Waals surface area contributed by atoms with Gasteiger partial charge in [-0.25, -0.2) is 8.42 Å². The Labute approximate surface area is 191 Å². The number of amides is 2. The fourth-order valence-electron chi connectivity index (χ4n) is 4.42. The Morgan fingerprint density at radius 2 is 1.81 bits per heavy atom. The van der Waals surface area contributed by atoms with E-state index in [9.17, 15) is 18.0 Å². The number of methoxy groups -OCH3 is 1. The van der Waals surface area contributed by atoms with Gasteiger partial charge in [-0.1, -0.05) is 19.8 Å². The van der Waals surface area contributed by atoms with Crippen molar-refractivity contribution in [2.75, 3.05) is 33.3 Å². The largest absolute Gasteiger partial charge is 0.495 e. The number of benzene rings is 1. The van der Waals surface area contributed by atoms with E-state index in [1.54, 1.807) is 17.0 Å². The van der Waals surface area contributed by atoms with Crippen molar-refractivity contribution in [1.29, 1.82) is 0 Å². The molecular weight excluding hydrogens is 430 g/mol. The molecule has 1 unspecified atom stereocenters. The third kappa shape index (κ3) is 5.81. The van der Waals surface area contributed by atoms with Crippen LogP contribution in [0.25, 0.3) is 0 Å². The van der Waals surface area contributed by atoms with Crippen LogP contribution in [0.15, 0.2) is 23.1 Å². The summed E-state index contributed by atoms with van der Waals surface area (Å²) in [4.78, 5) is 26.9. The van der Waals surface area contributed by atoms with E-state index in [0.717, 1.165) is 44.9 Å². The van der Waals surface area contributed by atoms with Gasteiger partial charge in [-0.3, -0.25) is 9.59 Å². The molecule has 2 aliphatic heterocycles. The Bertz CT molecular complexity index is 910. The van der Waals surface area contributed by atoms with E-state index in [-0.39, 0.29) is 28.5 Å². The van der Waals surface area contributed by atoms with E-state index in [0.29, 0.717) is 38.2 Å². The first-order valence-corrected chi connectivity index (χ1v) is 13.1. The second-order valence-corrected chi connectivity index (χ2v) is 10.5. The molecule has 1 atom stereocenters. The fourth-order valence-corrected chi connectivity index (χ4v) is 6.12. The smallest absolute Gasteiger partial charge is 0.253 e. The molecule has 1 N–H and O–H groups in total. The Morgan fingerprint density at radius 1 is 1.09 bits per heavy atom. The summed E-state index contributed by atoms with van der Waals surface area (Å²) in [7, 11) is -2.33. The Balaban J connectivity index is 1.81. The Morgan fingerprint density at radius 3 is 2.47 bits per heavy atom. The van der Waals surface area contributed by atoms with E-state index in [1.165, 1.54) is 17.5 Å². The summed E-state index contributed by atoms with van der Waals surface area (Å²) < 4.78 is 33.6. The van der Waals surface area contributed by atoms with Crippen molar-refractivity contribution in [2.24, 2.45) is 0 Å². The maximum absolute atomic E-state index is 13.4. The molecule has 9 heteroatoms. The van der Waals surface area contributed by atoms with Crippen LogP contribution < -0.4 is 10.1 Å². The molecule has 0 bridgehead atoms. The van der Waals surface area contributed by atoms with Gasteiger partial charge in [-0.05, 0) is 50.3 Å². The highest BCUT2D eigenvalue weighted by molar-refractivity contribution is 7.89. The molecule has 2 saturated heterocycles. The van der Waals surface area contributed by atoms with Gasteiger partial charge < -0.3 is 15.0 Å². The predicted molar refractivity (Wildman–Crippen MR) is 122 cm³/mol. The van der Waals surface area contributed by atoms with Crippen molar-refractivity contribution >= 4 is 21.8 Å². The lowest BCUT2D eigenvalue weighted by molar-refractivity contribution is -0.122. The molecule has 1 aromatic carbocycles. The summed E-state index contributed by atoms with van der Waals surface area (Å²) in [6.45, 7) is 3.93.